The van der Waals surface area contributed by atoms with Crippen LogP contribution < -0.4 is 29.8 Å². The Balaban J connectivity index is 0.00000261. The summed E-state index contributed by atoms with van der Waals surface area (Å²) in [6.07, 6.45) is 2.43. The summed E-state index contributed by atoms with van der Waals surface area (Å²) in [6.45, 7) is 13.6. The van der Waals surface area contributed by atoms with Crippen LogP contribution in [0.3, 0.4) is 0 Å². The van der Waals surface area contributed by atoms with Crippen molar-refractivity contribution in [1.82, 2.24) is 0 Å². The summed E-state index contributed by atoms with van der Waals surface area (Å²) in [7, 11) is 0. The Labute approximate surface area is 177 Å². The second-order valence-electron chi connectivity index (χ2n) is 7.68. The van der Waals surface area contributed by atoms with E-state index in [2.05, 4.69) is 102 Å². The summed E-state index contributed by atoms with van der Waals surface area (Å²) in [5.74, 6) is 0. The van der Waals surface area contributed by atoms with Crippen molar-refractivity contribution in [3.05, 3.63) is 99.9 Å². The molecule has 0 radical (unpaired) electrons. The second kappa shape index (κ2) is 8.92. The minimum absolute atomic E-state index is 0. The van der Waals surface area contributed by atoms with Crippen molar-refractivity contribution >= 4 is 17.6 Å². The molecular weight excluding hydrogens is 318 g/mol. The summed E-state index contributed by atoms with van der Waals surface area (Å²) in [5, 5.41) is 0. The molecule has 0 amide bonds. The number of aryl methyl sites for hydroxylation is 6. The normalized spacial score (nSPS) is 10.3. The molecule has 0 bridgehead atoms. The van der Waals surface area contributed by atoms with Crippen molar-refractivity contribution in [2.75, 3.05) is 0 Å². The SMILES string of the molecule is Cc1cc(C)c(B([CH-]c2ccccc2)c2c(C)cc(C)cc2C)c(C)c1.[Li+]. The molecule has 3 aromatic carbocycles. The Bertz CT molecular complexity index is 825. The van der Waals surface area contributed by atoms with Gasteiger partial charge in [-0.2, -0.15) is 24.0 Å². The fourth-order valence-corrected chi connectivity index (χ4v) is 4.43. The smallest absolute Gasteiger partial charge is 0.197 e. The van der Waals surface area contributed by atoms with Gasteiger partial charge in [-0.25, -0.2) is 0 Å². The van der Waals surface area contributed by atoms with Gasteiger partial charge >= 0.3 is 18.9 Å². The molecule has 0 atom stereocenters. The summed E-state index contributed by atoms with van der Waals surface area (Å²) in [4.78, 5) is 0. The first-order chi connectivity index (χ1) is 12.4. The van der Waals surface area contributed by atoms with Crippen LogP contribution >= 0.6 is 0 Å². The third-order valence-electron chi connectivity index (χ3n) is 5.26. The van der Waals surface area contributed by atoms with E-state index >= 15 is 0 Å². The molecule has 0 aliphatic rings. The van der Waals surface area contributed by atoms with Gasteiger partial charge in [0.25, 0.3) is 0 Å². The molecule has 3 aromatic rings. The fourth-order valence-electron chi connectivity index (χ4n) is 4.43. The van der Waals surface area contributed by atoms with E-state index in [0.29, 0.717) is 0 Å². The largest absolute Gasteiger partial charge is 1.00 e. The molecule has 0 N–H and O–H groups in total. The van der Waals surface area contributed by atoms with Gasteiger partial charge in [0.2, 0.25) is 0 Å². The molecule has 27 heavy (non-hydrogen) atoms. The molecule has 0 fully saturated rings. The van der Waals surface area contributed by atoms with Crippen molar-refractivity contribution in [2.45, 2.75) is 41.5 Å². The molecule has 2 heteroatoms. The maximum Gasteiger partial charge on any atom is 1.00 e. The molecule has 3 rings (SSSR count). The summed E-state index contributed by atoms with van der Waals surface area (Å²) < 4.78 is 0. The number of hydrogen-bond acceptors (Lipinski definition) is 0. The molecular formula is C25H28BLi. The van der Waals surface area contributed by atoms with Gasteiger partial charge in [-0.15, -0.1) is 12.1 Å². The van der Waals surface area contributed by atoms with Crippen LogP contribution in [-0.4, -0.2) is 6.71 Å². The minimum Gasteiger partial charge on any atom is -0.197 e. The predicted octanol–water partition coefficient (Wildman–Crippen LogP) is 1.94. The Kier molecular flexibility index (Phi) is 7.10. The van der Waals surface area contributed by atoms with Crippen molar-refractivity contribution in [3.63, 3.8) is 0 Å². The second-order valence-corrected chi connectivity index (χ2v) is 7.68. The van der Waals surface area contributed by atoms with E-state index in [1.165, 1.54) is 49.9 Å². The first-order valence-corrected chi connectivity index (χ1v) is 9.42. The van der Waals surface area contributed by atoms with Crippen LogP contribution in [0.2, 0.25) is 0 Å². The van der Waals surface area contributed by atoms with Crippen LogP contribution in [0.25, 0.3) is 0 Å². The molecule has 0 aliphatic heterocycles. The first kappa shape index (κ1) is 21.5. The van der Waals surface area contributed by atoms with Gasteiger partial charge in [0.05, 0.1) is 0 Å². The van der Waals surface area contributed by atoms with E-state index in [4.69, 9.17) is 0 Å². The zero-order valence-electron chi connectivity index (χ0n) is 17.9. The zero-order chi connectivity index (χ0) is 18.8. The molecule has 0 nitrogen and oxygen atoms in total. The summed E-state index contributed by atoms with van der Waals surface area (Å²) in [5.41, 5.74) is 12.3. The van der Waals surface area contributed by atoms with Gasteiger partial charge in [-0.1, -0.05) is 74.6 Å². The maximum atomic E-state index is 2.43. The number of rotatable bonds is 4. The molecule has 0 heterocycles. The van der Waals surface area contributed by atoms with E-state index in [1.54, 1.807) is 0 Å². The maximum absolute atomic E-state index is 2.43. The third kappa shape index (κ3) is 4.73. The first-order valence-electron chi connectivity index (χ1n) is 9.42. The van der Waals surface area contributed by atoms with Crippen molar-refractivity contribution in [2.24, 2.45) is 0 Å². The standard InChI is InChI=1S/C25H28B.Li/c1-17-12-19(3)24(20(4)13-17)26(16-23-10-8-7-9-11-23)25-21(5)14-18(2)15-22(25)6;/h7-16H,1-6H3;/q-1;+1. The van der Waals surface area contributed by atoms with E-state index in [0.717, 1.165) is 0 Å². The molecule has 132 valence electrons. The summed E-state index contributed by atoms with van der Waals surface area (Å²) in [6, 6.07) is 20.0. The molecule has 0 aromatic heterocycles. The van der Waals surface area contributed by atoms with Crippen LogP contribution in [0.15, 0.2) is 54.6 Å². The molecule has 0 spiro atoms. The molecule has 0 saturated heterocycles. The molecule has 0 saturated carbocycles. The third-order valence-corrected chi connectivity index (χ3v) is 5.26. The van der Waals surface area contributed by atoms with Gasteiger partial charge in [-0.3, -0.25) is 0 Å². The Morgan fingerprint density at radius 2 is 0.963 bits per heavy atom. The van der Waals surface area contributed by atoms with E-state index < -0.39 is 0 Å². The van der Waals surface area contributed by atoms with Gasteiger partial charge < -0.3 is 0 Å². The predicted molar refractivity (Wildman–Crippen MR) is 116 cm³/mol. The van der Waals surface area contributed by atoms with E-state index in [9.17, 15) is 0 Å². The quantitative estimate of drug-likeness (QED) is 0.500. The van der Waals surface area contributed by atoms with Crippen LogP contribution in [0, 0.1) is 47.9 Å². The average molecular weight is 346 g/mol. The van der Waals surface area contributed by atoms with Crippen molar-refractivity contribution in [3.8, 4) is 0 Å². The Hall–Kier alpha value is -1.81. The van der Waals surface area contributed by atoms with Crippen LogP contribution in [0.4, 0.5) is 0 Å². The van der Waals surface area contributed by atoms with Gasteiger partial charge in [0.15, 0.2) is 6.71 Å². The monoisotopic (exact) mass is 346 g/mol. The minimum atomic E-state index is 0. The fraction of sp³-hybridized carbons (Fsp3) is 0.240. The summed E-state index contributed by atoms with van der Waals surface area (Å²) >= 11 is 0. The topological polar surface area (TPSA) is 0 Å². The van der Waals surface area contributed by atoms with Gasteiger partial charge in [0, 0.05) is 0 Å². The van der Waals surface area contributed by atoms with Gasteiger partial charge in [0.1, 0.15) is 0 Å². The average Bonchev–Trinajstić information content (AvgIpc) is 2.53. The van der Waals surface area contributed by atoms with Crippen molar-refractivity contribution < 1.29 is 18.9 Å². The van der Waals surface area contributed by atoms with Crippen LogP contribution in [0.5, 0.6) is 0 Å². The van der Waals surface area contributed by atoms with Crippen LogP contribution in [-0.2, 0) is 0 Å². The van der Waals surface area contributed by atoms with E-state index in [1.807, 2.05) is 0 Å². The Morgan fingerprint density at radius 1 is 0.593 bits per heavy atom. The zero-order valence-corrected chi connectivity index (χ0v) is 17.9. The molecule has 0 aliphatic carbocycles. The van der Waals surface area contributed by atoms with E-state index in [-0.39, 0.29) is 25.6 Å². The number of hydrogen-bond donors (Lipinski definition) is 0. The molecule has 0 unspecified atom stereocenters. The van der Waals surface area contributed by atoms with Gasteiger partial charge in [-0.05, 0) is 41.5 Å². The Morgan fingerprint density at radius 3 is 1.33 bits per heavy atom. The van der Waals surface area contributed by atoms with Crippen LogP contribution in [0.1, 0.15) is 38.9 Å². The number of benzene rings is 3. The van der Waals surface area contributed by atoms with Crippen molar-refractivity contribution in [1.29, 1.82) is 0 Å².